The summed E-state index contributed by atoms with van der Waals surface area (Å²) in [5.41, 5.74) is -0.889. The van der Waals surface area contributed by atoms with Gasteiger partial charge in [-0.2, -0.15) is 0 Å². The summed E-state index contributed by atoms with van der Waals surface area (Å²) in [7, 11) is 0. The molecule has 0 aromatic carbocycles. The lowest BCUT2D eigenvalue weighted by atomic mass is 9.91. The van der Waals surface area contributed by atoms with Gasteiger partial charge in [0.15, 0.2) is 0 Å². The second-order valence-electron chi connectivity index (χ2n) is 7.12. The van der Waals surface area contributed by atoms with E-state index in [4.69, 9.17) is 4.74 Å². The zero-order valence-electron chi connectivity index (χ0n) is 15.2. The number of nitrogens with one attached hydrogen (secondary N) is 1. The van der Waals surface area contributed by atoms with Crippen LogP contribution in [0.2, 0.25) is 0 Å². The van der Waals surface area contributed by atoms with Gasteiger partial charge >= 0.3 is 6.09 Å². The van der Waals surface area contributed by atoms with Crippen LogP contribution in [-0.4, -0.2) is 63.5 Å². The molecule has 0 atom stereocenters. The fourth-order valence-electron chi connectivity index (χ4n) is 3.64. The Morgan fingerprint density at radius 1 is 1.27 bits per heavy atom. The Morgan fingerprint density at radius 3 is 2.73 bits per heavy atom. The molecule has 3 heterocycles. The van der Waals surface area contributed by atoms with E-state index in [0.717, 1.165) is 25.8 Å². The maximum absolute atomic E-state index is 12.5. The Morgan fingerprint density at radius 2 is 2.04 bits per heavy atom. The van der Waals surface area contributed by atoms with Gasteiger partial charge in [0, 0.05) is 38.7 Å². The number of H-pyrrole nitrogens is 1. The SMILES string of the molecule is CCCCCCN1CC2(CCN(C(=O)c3cnc[nH]c3=O)CC2)OC1=O. The molecule has 2 aliphatic rings. The second kappa shape index (κ2) is 7.88. The maximum atomic E-state index is 12.5. The summed E-state index contributed by atoms with van der Waals surface area (Å²) in [5, 5.41) is 0. The summed E-state index contributed by atoms with van der Waals surface area (Å²) in [6, 6.07) is 0. The molecular formula is C18H26N4O4. The van der Waals surface area contributed by atoms with E-state index >= 15 is 0 Å². The molecule has 1 spiro atoms. The van der Waals surface area contributed by atoms with Gasteiger partial charge in [-0.1, -0.05) is 26.2 Å². The van der Waals surface area contributed by atoms with Gasteiger partial charge < -0.3 is 19.5 Å². The third-order valence-electron chi connectivity index (χ3n) is 5.23. The minimum absolute atomic E-state index is 0.0458. The highest BCUT2D eigenvalue weighted by Crippen LogP contribution is 2.33. The monoisotopic (exact) mass is 362 g/mol. The summed E-state index contributed by atoms with van der Waals surface area (Å²) in [6.45, 7) is 4.41. The Labute approximate surface area is 152 Å². The number of amides is 2. The van der Waals surface area contributed by atoms with E-state index in [-0.39, 0.29) is 17.6 Å². The quantitative estimate of drug-likeness (QED) is 0.778. The number of nitrogens with zero attached hydrogens (tertiary/aromatic N) is 3. The van der Waals surface area contributed by atoms with Gasteiger partial charge in [-0.15, -0.1) is 0 Å². The largest absolute Gasteiger partial charge is 0.441 e. The Kier molecular flexibility index (Phi) is 5.58. The van der Waals surface area contributed by atoms with E-state index in [1.54, 1.807) is 9.80 Å². The summed E-state index contributed by atoms with van der Waals surface area (Å²) in [6.07, 6.45) is 7.95. The van der Waals surface area contributed by atoms with Crippen molar-refractivity contribution in [2.24, 2.45) is 0 Å². The lowest BCUT2D eigenvalue weighted by Crippen LogP contribution is -2.49. The number of likely N-dealkylation sites (tertiary alicyclic amines) is 1. The van der Waals surface area contributed by atoms with Crippen molar-refractivity contribution in [1.29, 1.82) is 0 Å². The standard InChI is InChI=1S/C18H26N4O4/c1-2-3-4-5-8-22-12-18(26-17(22)25)6-9-21(10-7-18)16(24)14-11-19-13-20-15(14)23/h11,13H,2-10,12H2,1H3,(H,19,20,23). The van der Waals surface area contributed by atoms with E-state index in [1.807, 2.05) is 0 Å². The molecule has 1 N–H and O–H groups in total. The summed E-state index contributed by atoms with van der Waals surface area (Å²) in [5.74, 6) is -0.324. The van der Waals surface area contributed by atoms with Crippen LogP contribution < -0.4 is 5.56 Å². The third kappa shape index (κ3) is 3.89. The first-order valence-electron chi connectivity index (χ1n) is 9.34. The summed E-state index contributed by atoms with van der Waals surface area (Å²) in [4.78, 5) is 46.1. The molecule has 8 nitrogen and oxygen atoms in total. The minimum atomic E-state index is -0.500. The molecule has 2 amide bonds. The molecule has 0 unspecified atom stereocenters. The maximum Gasteiger partial charge on any atom is 0.410 e. The Bertz CT molecular complexity index is 709. The molecule has 26 heavy (non-hydrogen) atoms. The molecule has 0 aliphatic carbocycles. The van der Waals surface area contributed by atoms with Crippen molar-refractivity contribution in [2.75, 3.05) is 26.2 Å². The molecule has 2 saturated heterocycles. The normalized spacial score (nSPS) is 19.0. The van der Waals surface area contributed by atoms with Crippen molar-refractivity contribution in [3.63, 3.8) is 0 Å². The number of unbranched alkanes of at least 4 members (excludes halogenated alkanes) is 3. The fraction of sp³-hybridized carbons (Fsp3) is 0.667. The third-order valence-corrected chi connectivity index (χ3v) is 5.23. The lowest BCUT2D eigenvalue weighted by molar-refractivity contribution is 0.00307. The van der Waals surface area contributed by atoms with E-state index in [1.165, 1.54) is 18.9 Å². The van der Waals surface area contributed by atoms with Gasteiger partial charge in [0.25, 0.3) is 11.5 Å². The second-order valence-corrected chi connectivity index (χ2v) is 7.12. The van der Waals surface area contributed by atoms with Gasteiger partial charge in [-0.25, -0.2) is 9.78 Å². The molecule has 142 valence electrons. The molecule has 1 aromatic rings. The number of carbonyl (C=O) groups excluding carboxylic acids is 2. The Hall–Kier alpha value is -2.38. The lowest BCUT2D eigenvalue weighted by Gasteiger charge is -2.37. The van der Waals surface area contributed by atoms with E-state index in [0.29, 0.717) is 32.5 Å². The van der Waals surface area contributed by atoms with Crippen molar-refractivity contribution in [1.82, 2.24) is 19.8 Å². The predicted molar refractivity (Wildman–Crippen MR) is 94.9 cm³/mol. The average molecular weight is 362 g/mol. The first kappa shape index (κ1) is 18.4. The highest BCUT2D eigenvalue weighted by Gasteiger charge is 2.47. The Balaban J connectivity index is 1.55. The smallest absolute Gasteiger partial charge is 0.410 e. The molecule has 0 saturated carbocycles. The summed E-state index contributed by atoms with van der Waals surface area (Å²) >= 11 is 0. The molecule has 2 aliphatic heterocycles. The van der Waals surface area contributed by atoms with E-state index < -0.39 is 11.2 Å². The molecule has 2 fully saturated rings. The number of hydrogen-bond acceptors (Lipinski definition) is 5. The van der Waals surface area contributed by atoms with Gasteiger partial charge in [0.2, 0.25) is 0 Å². The minimum Gasteiger partial charge on any atom is -0.441 e. The van der Waals surface area contributed by atoms with Crippen molar-refractivity contribution in [3.05, 3.63) is 28.4 Å². The summed E-state index contributed by atoms with van der Waals surface area (Å²) < 4.78 is 5.69. The van der Waals surface area contributed by atoms with E-state index in [9.17, 15) is 14.4 Å². The zero-order valence-corrected chi connectivity index (χ0v) is 15.2. The van der Waals surface area contributed by atoms with Crippen LogP contribution >= 0.6 is 0 Å². The van der Waals surface area contributed by atoms with Crippen LogP contribution in [-0.2, 0) is 4.74 Å². The molecule has 8 heteroatoms. The van der Waals surface area contributed by atoms with Crippen LogP contribution in [0.25, 0.3) is 0 Å². The topological polar surface area (TPSA) is 95.6 Å². The number of hydrogen-bond donors (Lipinski definition) is 1. The van der Waals surface area contributed by atoms with Crippen LogP contribution in [0, 0.1) is 0 Å². The van der Waals surface area contributed by atoms with E-state index in [2.05, 4.69) is 16.9 Å². The predicted octanol–water partition coefficient (Wildman–Crippen LogP) is 1.78. The van der Waals surface area contributed by atoms with Crippen molar-refractivity contribution in [3.8, 4) is 0 Å². The van der Waals surface area contributed by atoms with Crippen LogP contribution in [0.1, 0.15) is 55.8 Å². The number of ether oxygens (including phenoxy) is 1. The van der Waals surface area contributed by atoms with Crippen molar-refractivity contribution >= 4 is 12.0 Å². The number of carbonyl (C=O) groups is 2. The molecular weight excluding hydrogens is 336 g/mol. The number of piperidine rings is 1. The molecule has 3 rings (SSSR count). The average Bonchev–Trinajstić information content (AvgIpc) is 2.94. The highest BCUT2D eigenvalue weighted by atomic mass is 16.6. The van der Waals surface area contributed by atoms with Crippen LogP contribution in [0.15, 0.2) is 17.3 Å². The first-order chi connectivity index (χ1) is 12.5. The molecule has 0 bridgehead atoms. The van der Waals surface area contributed by atoms with Crippen LogP contribution in [0.4, 0.5) is 4.79 Å². The first-order valence-corrected chi connectivity index (χ1v) is 9.34. The zero-order chi connectivity index (χ0) is 18.6. The van der Waals surface area contributed by atoms with Crippen LogP contribution in [0.5, 0.6) is 0 Å². The van der Waals surface area contributed by atoms with Gasteiger partial charge in [0.05, 0.1) is 12.9 Å². The van der Waals surface area contributed by atoms with Crippen molar-refractivity contribution in [2.45, 2.75) is 51.0 Å². The van der Waals surface area contributed by atoms with Gasteiger partial charge in [-0.3, -0.25) is 9.59 Å². The van der Waals surface area contributed by atoms with Crippen LogP contribution in [0.3, 0.4) is 0 Å². The number of rotatable bonds is 6. The highest BCUT2D eigenvalue weighted by molar-refractivity contribution is 5.93. The van der Waals surface area contributed by atoms with Gasteiger partial charge in [-0.05, 0) is 6.42 Å². The fourth-order valence-corrected chi connectivity index (χ4v) is 3.64. The number of aromatic amines is 1. The van der Waals surface area contributed by atoms with Crippen molar-refractivity contribution < 1.29 is 14.3 Å². The molecule has 0 radical (unpaired) electrons. The molecule has 1 aromatic heterocycles. The van der Waals surface area contributed by atoms with Gasteiger partial charge in [0.1, 0.15) is 11.2 Å². The number of aromatic nitrogens is 2.